The van der Waals surface area contributed by atoms with Crippen molar-refractivity contribution in [1.82, 2.24) is 5.32 Å². The molecule has 1 aromatic rings. The topological polar surface area (TPSA) is 55.1 Å². The van der Waals surface area contributed by atoms with Crippen LogP contribution in [0.15, 0.2) is 18.2 Å². The van der Waals surface area contributed by atoms with Gasteiger partial charge in [0, 0.05) is 12.1 Å². The Hall–Kier alpha value is -1.42. The van der Waals surface area contributed by atoms with Crippen LogP contribution in [0.2, 0.25) is 0 Å². The summed E-state index contributed by atoms with van der Waals surface area (Å²) in [5, 5.41) is 2.94. The fraction of sp³-hybridized carbons (Fsp3) is 0.562. The van der Waals surface area contributed by atoms with E-state index >= 15 is 0 Å². The van der Waals surface area contributed by atoms with Crippen molar-refractivity contribution in [3.05, 3.63) is 35.1 Å². The van der Waals surface area contributed by atoms with Gasteiger partial charge in [-0.1, -0.05) is 25.3 Å². The number of halogens is 1. The first kappa shape index (κ1) is 15.0. The molecule has 4 heteroatoms. The van der Waals surface area contributed by atoms with E-state index in [0.717, 1.165) is 18.4 Å². The minimum atomic E-state index is -0.382. The number of benzene rings is 1. The number of nitrogens with one attached hydrogen (secondary N) is 1. The van der Waals surface area contributed by atoms with E-state index in [-0.39, 0.29) is 17.1 Å². The largest absolute Gasteiger partial charge is 0.351 e. The predicted octanol–water partition coefficient (Wildman–Crippen LogP) is 2.77. The molecule has 20 heavy (non-hydrogen) atoms. The average molecular weight is 278 g/mol. The maximum absolute atomic E-state index is 13.2. The number of nitrogens with two attached hydrogens (primary N) is 1. The van der Waals surface area contributed by atoms with Gasteiger partial charge in [-0.2, -0.15) is 0 Å². The molecule has 1 aliphatic rings. The highest BCUT2D eigenvalue weighted by atomic mass is 19.1. The van der Waals surface area contributed by atoms with Gasteiger partial charge >= 0.3 is 0 Å². The lowest BCUT2D eigenvalue weighted by Crippen LogP contribution is -2.43. The number of hydrogen-bond donors (Lipinski definition) is 2. The van der Waals surface area contributed by atoms with Crippen molar-refractivity contribution in [3.63, 3.8) is 0 Å². The van der Waals surface area contributed by atoms with Crippen LogP contribution in [0.3, 0.4) is 0 Å². The Morgan fingerprint density at radius 3 is 2.70 bits per heavy atom. The molecule has 0 unspecified atom stereocenters. The smallest absolute Gasteiger partial charge is 0.251 e. The highest BCUT2D eigenvalue weighted by molar-refractivity contribution is 5.95. The van der Waals surface area contributed by atoms with Crippen LogP contribution in [0.25, 0.3) is 0 Å². The zero-order chi connectivity index (χ0) is 14.6. The van der Waals surface area contributed by atoms with Gasteiger partial charge in [0.05, 0.1) is 0 Å². The lowest BCUT2D eigenvalue weighted by Gasteiger charge is -2.36. The molecule has 1 amide bonds. The highest BCUT2D eigenvalue weighted by Gasteiger charge is 2.31. The molecule has 0 saturated heterocycles. The summed E-state index contributed by atoms with van der Waals surface area (Å²) in [5.74, 6) is -0.590. The van der Waals surface area contributed by atoms with Gasteiger partial charge in [0.25, 0.3) is 5.91 Å². The number of hydrogen-bond acceptors (Lipinski definition) is 2. The normalized spacial score (nSPS) is 17.8. The van der Waals surface area contributed by atoms with Crippen molar-refractivity contribution in [1.29, 1.82) is 0 Å². The molecular weight excluding hydrogens is 255 g/mol. The molecule has 0 aromatic heterocycles. The molecule has 0 aliphatic heterocycles. The Labute approximate surface area is 119 Å². The van der Waals surface area contributed by atoms with Crippen molar-refractivity contribution in [3.8, 4) is 0 Å². The zero-order valence-corrected chi connectivity index (χ0v) is 12.0. The van der Waals surface area contributed by atoms with Gasteiger partial charge in [-0.25, -0.2) is 4.39 Å². The Bertz CT molecular complexity index is 481. The quantitative estimate of drug-likeness (QED) is 0.889. The first-order chi connectivity index (χ1) is 9.56. The summed E-state index contributed by atoms with van der Waals surface area (Å²) in [6, 6.07) is 4.29. The maximum atomic E-state index is 13.2. The number of carbonyl (C=O) groups excluding carboxylic acids is 1. The standard InChI is InChI=1S/C16H23FN2O/c1-12-5-6-13(17)9-14(12)15(20)19-11-16(10-18)7-3-2-4-8-16/h5-6,9H,2-4,7-8,10-11,18H2,1H3,(H,19,20). The lowest BCUT2D eigenvalue weighted by molar-refractivity contribution is 0.0913. The van der Waals surface area contributed by atoms with E-state index in [0.29, 0.717) is 18.7 Å². The Balaban J connectivity index is 2.02. The summed E-state index contributed by atoms with van der Waals surface area (Å²) in [6.45, 7) is 2.99. The molecule has 1 fully saturated rings. The fourth-order valence-electron chi connectivity index (χ4n) is 2.96. The molecular formula is C16H23FN2O. The summed E-state index contributed by atoms with van der Waals surface area (Å²) < 4.78 is 13.2. The molecule has 1 aliphatic carbocycles. The first-order valence-corrected chi connectivity index (χ1v) is 7.31. The SMILES string of the molecule is Cc1ccc(F)cc1C(=O)NCC1(CN)CCCCC1. The number of carbonyl (C=O) groups is 1. The number of amides is 1. The summed E-state index contributed by atoms with van der Waals surface area (Å²) >= 11 is 0. The summed E-state index contributed by atoms with van der Waals surface area (Å²) in [4.78, 5) is 12.2. The van der Waals surface area contributed by atoms with Gasteiger partial charge in [0.2, 0.25) is 0 Å². The summed E-state index contributed by atoms with van der Waals surface area (Å²) in [7, 11) is 0. The van der Waals surface area contributed by atoms with Gasteiger partial charge in [-0.05, 0) is 49.4 Å². The third kappa shape index (κ3) is 3.37. The van der Waals surface area contributed by atoms with Gasteiger partial charge < -0.3 is 11.1 Å². The second kappa shape index (κ2) is 6.35. The molecule has 0 heterocycles. The Kier molecular flexibility index (Phi) is 4.76. The van der Waals surface area contributed by atoms with Crippen LogP contribution in [-0.4, -0.2) is 19.0 Å². The van der Waals surface area contributed by atoms with E-state index in [1.165, 1.54) is 31.4 Å². The molecule has 3 N–H and O–H groups in total. The van der Waals surface area contributed by atoms with Crippen molar-refractivity contribution in [2.45, 2.75) is 39.0 Å². The second-order valence-electron chi connectivity index (χ2n) is 5.91. The Morgan fingerprint density at radius 2 is 2.05 bits per heavy atom. The minimum Gasteiger partial charge on any atom is -0.351 e. The average Bonchev–Trinajstić information content (AvgIpc) is 2.48. The third-order valence-corrected chi connectivity index (χ3v) is 4.42. The first-order valence-electron chi connectivity index (χ1n) is 7.31. The van der Waals surface area contributed by atoms with Crippen molar-refractivity contribution < 1.29 is 9.18 Å². The highest BCUT2D eigenvalue weighted by Crippen LogP contribution is 2.34. The number of rotatable bonds is 4. The van der Waals surface area contributed by atoms with E-state index in [1.807, 2.05) is 6.92 Å². The molecule has 0 bridgehead atoms. The molecule has 3 nitrogen and oxygen atoms in total. The van der Waals surface area contributed by atoms with Gasteiger partial charge in [-0.3, -0.25) is 4.79 Å². The van der Waals surface area contributed by atoms with Crippen LogP contribution in [0.4, 0.5) is 4.39 Å². The molecule has 110 valence electrons. The lowest BCUT2D eigenvalue weighted by atomic mass is 9.74. The maximum Gasteiger partial charge on any atom is 0.251 e. The van der Waals surface area contributed by atoms with E-state index in [9.17, 15) is 9.18 Å². The second-order valence-corrected chi connectivity index (χ2v) is 5.91. The molecule has 2 rings (SSSR count). The van der Waals surface area contributed by atoms with Crippen molar-refractivity contribution >= 4 is 5.91 Å². The zero-order valence-electron chi connectivity index (χ0n) is 12.0. The van der Waals surface area contributed by atoms with Crippen molar-refractivity contribution in [2.75, 3.05) is 13.1 Å². The molecule has 0 spiro atoms. The fourth-order valence-corrected chi connectivity index (χ4v) is 2.96. The van der Waals surface area contributed by atoms with E-state index < -0.39 is 0 Å². The number of aryl methyl sites for hydroxylation is 1. The third-order valence-electron chi connectivity index (χ3n) is 4.42. The van der Waals surface area contributed by atoms with E-state index in [2.05, 4.69) is 5.32 Å². The minimum absolute atomic E-state index is 0.0230. The van der Waals surface area contributed by atoms with Gasteiger partial charge in [0.1, 0.15) is 5.82 Å². The van der Waals surface area contributed by atoms with E-state index in [4.69, 9.17) is 5.73 Å². The van der Waals surface area contributed by atoms with Crippen LogP contribution in [0.1, 0.15) is 48.0 Å². The van der Waals surface area contributed by atoms with Crippen LogP contribution in [0.5, 0.6) is 0 Å². The molecule has 0 radical (unpaired) electrons. The Morgan fingerprint density at radius 1 is 1.35 bits per heavy atom. The van der Waals surface area contributed by atoms with E-state index in [1.54, 1.807) is 6.07 Å². The van der Waals surface area contributed by atoms with Crippen LogP contribution < -0.4 is 11.1 Å². The molecule has 1 aromatic carbocycles. The summed E-state index contributed by atoms with van der Waals surface area (Å²) in [5.41, 5.74) is 7.13. The molecule has 1 saturated carbocycles. The molecule has 0 atom stereocenters. The van der Waals surface area contributed by atoms with Gasteiger partial charge in [0.15, 0.2) is 0 Å². The van der Waals surface area contributed by atoms with Crippen molar-refractivity contribution in [2.24, 2.45) is 11.1 Å². The van der Waals surface area contributed by atoms with Crippen LogP contribution >= 0.6 is 0 Å². The van der Waals surface area contributed by atoms with Crippen LogP contribution in [0, 0.1) is 18.2 Å². The predicted molar refractivity (Wildman–Crippen MR) is 78.0 cm³/mol. The van der Waals surface area contributed by atoms with Gasteiger partial charge in [-0.15, -0.1) is 0 Å². The monoisotopic (exact) mass is 278 g/mol. The van der Waals surface area contributed by atoms with Crippen LogP contribution in [-0.2, 0) is 0 Å². The summed E-state index contributed by atoms with van der Waals surface area (Å²) in [6.07, 6.45) is 5.72.